The number of hydrazine groups is 1. The highest BCUT2D eigenvalue weighted by atomic mass is 16.6. The van der Waals surface area contributed by atoms with Gasteiger partial charge in [0, 0.05) is 18.1 Å². The number of benzene rings is 1. The van der Waals surface area contributed by atoms with Gasteiger partial charge in [0.2, 0.25) is 11.6 Å². The maximum Gasteiger partial charge on any atom is 0.355 e. The number of anilines is 3. The molecule has 0 fully saturated rings. The van der Waals surface area contributed by atoms with Gasteiger partial charge in [0.1, 0.15) is 6.33 Å². The zero-order chi connectivity index (χ0) is 21.3. The third kappa shape index (κ3) is 5.25. The van der Waals surface area contributed by atoms with Crippen LogP contribution in [0.15, 0.2) is 55.1 Å². The van der Waals surface area contributed by atoms with Crippen LogP contribution >= 0.6 is 0 Å². The van der Waals surface area contributed by atoms with Crippen LogP contribution in [0.1, 0.15) is 35.7 Å². The Bertz CT molecular complexity index is 1010. The van der Waals surface area contributed by atoms with Gasteiger partial charge in [0.15, 0.2) is 0 Å². The number of nitrogens with one attached hydrogen (secondary N) is 3. The van der Waals surface area contributed by atoms with Gasteiger partial charge in [-0.15, -0.1) is 0 Å². The molecule has 0 aliphatic rings. The first-order chi connectivity index (χ1) is 14.6. The molecule has 154 valence electrons. The number of unbranched alkanes of at least 4 members (excludes halogenated alkanes) is 1. The number of hydrogen-bond acceptors (Lipinski definition) is 8. The Kier molecular flexibility index (Phi) is 6.83. The van der Waals surface area contributed by atoms with Gasteiger partial charge < -0.3 is 5.32 Å². The molecule has 0 aliphatic carbocycles. The lowest BCUT2D eigenvalue weighted by molar-refractivity contribution is -0.383. The van der Waals surface area contributed by atoms with Crippen molar-refractivity contribution in [3.8, 4) is 0 Å². The van der Waals surface area contributed by atoms with Crippen LogP contribution in [0.3, 0.4) is 0 Å². The van der Waals surface area contributed by atoms with Crippen molar-refractivity contribution in [2.45, 2.75) is 26.2 Å². The molecule has 0 aliphatic heterocycles. The summed E-state index contributed by atoms with van der Waals surface area (Å²) in [6.07, 6.45) is 7.28. The second-order valence-electron chi connectivity index (χ2n) is 6.42. The Morgan fingerprint density at radius 3 is 2.57 bits per heavy atom. The molecule has 0 bridgehead atoms. The van der Waals surface area contributed by atoms with E-state index in [9.17, 15) is 14.9 Å². The number of carbonyl (C=O) groups excluding carboxylic acids is 1. The van der Waals surface area contributed by atoms with E-state index in [1.54, 1.807) is 12.1 Å². The van der Waals surface area contributed by atoms with E-state index in [4.69, 9.17) is 0 Å². The molecular weight excluding hydrogens is 386 g/mol. The minimum Gasteiger partial charge on any atom is -0.334 e. The lowest BCUT2D eigenvalue weighted by atomic mass is 10.1. The lowest BCUT2D eigenvalue weighted by Crippen LogP contribution is -2.30. The maximum absolute atomic E-state index is 12.1. The minimum absolute atomic E-state index is 0.00874. The van der Waals surface area contributed by atoms with Gasteiger partial charge in [-0.25, -0.2) is 9.97 Å². The van der Waals surface area contributed by atoms with Crippen LogP contribution in [-0.2, 0) is 6.42 Å². The highest BCUT2D eigenvalue weighted by molar-refractivity contribution is 5.94. The first-order valence-corrected chi connectivity index (χ1v) is 9.40. The number of hydrogen-bond donors (Lipinski definition) is 3. The van der Waals surface area contributed by atoms with Gasteiger partial charge in [-0.3, -0.25) is 30.7 Å². The number of pyridine rings is 1. The van der Waals surface area contributed by atoms with Gasteiger partial charge in [-0.2, -0.15) is 0 Å². The molecule has 30 heavy (non-hydrogen) atoms. The minimum atomic E-state index is -0.615. The molecule has 0 spiro atoms. The van der Waals surface area contributed by atoms with Crippen molar-refractivity contribution < 1.29 is 9.72 Å². The third-order valence-electron chi connectivity index (χ3n) is 4.26. The summed E-state index contributed by atoms with van der Waals surface area (Å²) in [4.78, 5) is 34.9. The number of aryl methyl sites for hydroxylation is 1. The van der Waals surface area contributed by atoms with E-state index in [-0.39, 0.29) is 17.3 Å². The Morgan fingerprint density at radius 1 is 1.13 bits per heavy atom. The van der Waals surface area contributed by atoms with Crippen molar-refractivity contribution in [1.82, 2.24) is 20.4 Å². The Labute approximate surface area is 172 Å². The number of nitrogens with zero attached hydrogens (tertiary/aromatic N) is 4. The van der Waals surface area contributed by atoms with Gasteiger partial charge in [0.05, 0.1) is 10.5 Å². The molecule has 3 aromatic rings. The molecule has 1 aromatic carbocycles. The molecule has 0 saturated carbocycles. The summed E-state index contributed by atoms with van der Waals surface area (Å²) in [6, 6.07) is 10.8. The van der Waals surface area contributed by atoms with Crippen molar-refractivity contribution >= 4 is 28.9 Å². The van der Waals surface area contributed by atoms with Gasteiger partial charge in [-0.1, -0.05) is 25.5 Å². The molecule has 0 radical (unpaired) electrons. The molecule has 3 rings (SSSR count). The van der Waals surface area contributed by atoms with E-state index in [0.29, 0.717) is 11.3 Å². The largest absolute Gasteiger partial charge is 0.355 e. The Morgan fingerprint density at radius 2 is 1.90 bits per heavy atom. The molecule has 2 heterocycles. The molecule has 10 nitrogen and oxygen atoms in total. The van der Waals surface area contributed by atoms with E-state index >= 15 is 0 Å². The summed E-state index contributed by atoms with van der Waals surface area (Å²) in [7, 11) is 0. The number of rotatable bonds is 9. The number of nitro groups is 1. The molecule has 0 atom stereocenters. The average molecular weight is 407 g/mol. The van der Waals surface area contributed by atoms with Crippen LogP contribution in [0.2, 0.25) is 0 Å². The summed E-state index contributed by atoms with van der Waals surface area (Å²) in [5.74, 6) is -0.642. The predicted molar refractivity (Wildman–Crippen MR) is 112 cm³/mol. The predicted octanol–water partition coefficient (Wildman–Crippen LogP) is 3.62. The summed E-state index contributed by atoms with van der Waals surface area (Å²) in [5.41, 5.74) is 6.62. The number of carbonyl (C=O) groups is 1. The summed E-state index contributed by atoms with van der Waals surface area (Å²) in [5, 5.41) is 14.6. The van der Waals surface area contributed by atoms with Crippen LogP contribution in [0.5, 0.6) is 0 Å². The van der Waals surface area contributed by atoms with Gasteiger partial charge >= 0.3 is 5.69 Å². The van der Waals surface area contributed by atoms with Crippen LogP contribution in [-0.4, -0.2) is 25.8 Å². The normalized spacial score (nSPS) is 10.3. The Balaban J connectivity index is 1.76. The maximum atomic E-state index is 12.1. The Hall–Kier alpha value is -4.08. The monoisotopic (exact) mass is 407 g/mol. The number of aromatic nitrogens is 3. The molecule has 0 unspecified atom stereocenters. The molecule has 2 aromatic heterocycles. The summed E-state index contributed by atoms with van der Waals surface area (Å²) >= 11 is 0. The van der Waals surface area contributed by atoms with E-state index in [1.807, 2.05) is 24.3 Å². The lowest BCUT2D eigenvalue weighted by Gasteiger charge is -2.11. The highest BCUT2D eigenvalue weighted by Crippen LogP contribution is 2.30. The fourth-order valence-corrected chi connectivity index (χ4v) is 2.69. The van der Waals surface area contributed by atoms with Crippen molar-refractivity contribution in [3.63, 3.8) is 0 Å². The summed E-state index contributed by atoms with van der Waals surface area (Å²) < 4.78 is 0. The topological polar surface area (TPSA) is 135 Å². The van der Waals surface area contributed by atoms with E-state index in [0.717, 1.165) is 19.3 Å². The molecule has 3 N–H and O–H groups in total. The number of amides is 1. The first-order valence-electron chi connectivity index (χ1n) is 9.40. The second kappa shape index (κ2) is 9.92. The van der Waals surface area contributed by atoms with Crippen LogP contribution in [0, 0.1) is 10.1 Å². The van der Waals surface area contributed by atoms with Crippen molar-refractivity contribution in [2.75, 3.05) is 10.7 Å². The summed E-state index contributed by atoms with van der Waals surface area (Å²) in [6.45, 7) is 2.13. The van der Waals surface area contributed by atoms with Crippen LogP contribution in [0.4, 0.5) is 23.0 Å². The van der Waals surface area contributed by atoms with Crippen LogP contribution in [0.25, 0.3) is 0 Å². The van der Waals surface area contributed by atoms with Crippen molar-refractivity contribution in [3.05, 3.63) is 76.4 Å². The molecular formula is C20H21N7O3. The first kappa shape index (κ1) is 20.6. The third-order valence-corrected chi connectivity index (χ3v) is 4.26. The highest BCUT2D eigenvalue weighted by Gasteiger charge is 2.23. The molecule has 1 amide bonds. The quantitative estimate of drug-likeness (QED) is 0.361. The molecule has 0 saturated heterocycles. The smallest absolute Gasteiger partial charge is 0.334 e. The van der Waals surface area contributed by atoms with Crippen molar-refractivity contribution in [1.29, 1.82) is 0 Å². The van der Waals surface area contributed by atoms with E-state index in [1.165, 1.54) is 24.3 Å². The molecule has 10 heteroatoms. The van der Waals surface area contributed by atoms with Crippen molar-refractivity contribution in [2.24, 2.45) is 0 Å². The second-order valence-corrected chi connectivity index (χ2v) is 6.42. The van der Waals surface area contributed by atoms with E-state index < -0.39 is 10.8 Å². The van der Waals surface area contributed by atoms with Crippen LogP contribution < -0.4 is 16.2 Å². The zero-order valence-electron chi connectivity index (χ0n) is 16.3. The zero-order valence-corrected chi connectivity index (χ0v) is 16.3. The van der Waals surface area contributed by atoms with Gasteiger partial charge in [0.25, 0.3) is 5.91 Å². The van der Waals surface area contributed by atoms with E-state index in [2.05, 4.69) is 38.0 Å². The SMILES string of the molecule is CCCCc1ccc(Nc2ncnc(NNC(=O)c3cccnc3)c2[N+](=O)[O-])cc1. The standard InChI is InChI=1S/C20H21N7O3/c1-2-3-5-14-7-9-16(10-8-14)24-18-17(27(29)30)19(23-13-22-18)25-26-20(28)15-6-4-11-21-12-15/h4,6-13H,2-3,5H2,1H3,(H,26,28)(H2,22,23,24,25). The fourth-order valence-electron chi connectivity index (χ4n) is 2.69. The average Bonchev–Trinajstić information content (AvgIpc) is 2.77. The van der Waals surface area contributed by atoms with Gasteiger partial charge in [-0.05, 0) is 42.7 Å². The fraction of sp³-hybridized carbons (Fsp3) is 0.200.